The van der Waals surface area contributed by atoms with Gasteiger partial charge >= 0.3 is 0 Å². The molecule has 0 radical (unpaired) electrons. The Morgan fingerprint density at radius 2 is 1.61 bits per heavy atom. The SMILES string of the molecule is Cc1ccc(N=Nc2c(O)c(S(=O)(=O)[O-])cc3ccccc23)c(S(=O)(=O)O)c1. The maximum atomic E-state index is 11.6. The van der Waals surface area contributed by atoms with Gasteiger partial charge in [-0.1, -0.05) is 30.3 Å². The van der Waals surface area contributed by atoms with Gasteiger partial charge in [0.25, 0.3) is 10.1 Å². The zero-order chi connectivity index (χ0) is 20.7. The van der Waals surface area contributed by atoms with Crippen molar-refractivity contribution in [3.8, 4) is 5.75 Å². The molecule has 2 N–H and O–H groups in total. The number of hydrogen-bond acceptors (Lipinski definition) is 8. The van der Waals surface area contributed by atoms with Crippen LogP contribution in [0.5, 0.6) is 5.75 Å². The molecule has 0 bridgehead atoms. The van der Waals surface area contributed by atoms with Gasteiger partial charge in [0.2, 0.25) is 0 Å². The minimum atomic E-state index is -5.00. The highest BCUT2D eigenvalue weighted by atomic mass is 32.2. The molecule has 28 heavy (non-hydrogen) atoms. The van der Waals surface area contributed by atoms with Crippen LogP contribution in [0.3, 0.4) is 0 Å². The number of benzene rings is 3. The van der Waals surface area contributed by atoms with E-state index in [2.05, 4.69) is 10.2 Å². The highest BCUT2D eigenvalue weighted by molar-refractivity contribution is 7.86. The molecule has 0 amide bonds. The minimum absolute atomic E-state index is 0.230. The number of azo groups is 1. The van der Waals surface area contributed by atoms with Crippen LogP contribution >= 0.6 is 0 Å². The second-order valence-corrected chi connectivity index (χ2v) is 8.63. The van der Waals surface area contributed by atoms with E-state index in [-0.39, 0.29) is 16.8 Å². The van der Waals surface area contributed by atoms with Gasteiger partial charge in [-0.2, -0.15) is 8.42 Å². The summed E-state index contributed by atoms with van der Waals surface area (Å²) < 4.78 is 66.8. The van der Waals surface area contributed by atoms with Crippen molar-refractivity contribution in [2.45, 2.75) is 16.7 Å². The Labute approximate surface area is 160 Å². The van der Waals surface area contributed by atoms with Crippen molar-refractivity contribution in [3.63, 3.8) is 0 Å². The van der Waals surface area contributed by atoms with Gasteiger partial charge in [0.1, 0.15) is 26.4 Å². The molecular weight excluding hydrogens is 408 g/mol. The van der Waals surface area contributed by atoms with Crippen LogP contribution in [-0.2, 0) is 20.2 Å². The van der Waals surface area contributed by atoms with Crippen molar-refractivity contribution in [2.75, 3.05) is 0 Å². The average molecular weight is 421 g/mol. The molecule has 0 heterocycles. The van der Waals surface area contributed by atoms with E-state index < -0.39 is 35.8 Å². The van der Waals surface area contributed by atoms with Gasteiger partial charge in [0.05, 0.1) is 4.90 Å². The monoisotopic (exact) mass is 421 g/mol. The molecule has 9 nitrogen and oxygen atoms in total. The Balaban J connectivity index is 2.28. The van der Waals surface area contributed by atoms with Crippen molar-refractivity contribution < 1.29 is 31.0 Å². The Bertz CT molecular complexity index is 1330. The van der Waals surface area contributed by atoms with E-state index in [1.807, 2.05) is 0 Å². The lowest BCUT2D eigenvalue weighted by Crippen LogP contribution is -1.99. The molecule has 0 unspecified atom stereocenters. The number of fused-ring (bicyclic) bond motifs is 1. The quantitative estimate of drug-likeness (QED) is 0.482. The third-order valence-corrected chi connectivity index (χ3v) is 5.61. The Morgan fingerprint density at radius 3 is 2.25 bits per heavy atom. The van der Waals surface area contributed by atoms with Crippen molar-refractivity contribution >= 4 is 42.4 Å². The van der Waals surface area contributed by atoms with Gasteiger partial charge in [0, 0.05) is 5.39 Å². The third-order valence-electron chi connectivity index (χ3n) is 3.88. The lowest BCUT2D eigenvalue weighted by atomic mass is 10.1. The van der Waals surface area contributed by atoms with Gasteiger partial charge in [-0.3, -0.25) is 4.55 Å². The molecule has 0 aliphatic heterocycles. The molecule has 0 spiro atoms. The largest absolute Gasteiger partial charge is 0.744 e. The first-order valence-electron chi connectivity index (χ1n) is 7.69. The van der Waals surface area contributed by atoms with Crippen LogP contribution in [0.1, 0.15) is 5.56 Å². The van der Waals surface area contributed by atoms with Gasteiger partial charge in [-0.25, -0.2) is 8.42 Å². The summed E-state index contributed by atoms with van der Waals surface area (Å²) in [5, 5.41) is 18.4. The van der Waals surface area contributed by atoms with Gasteiger partial charge < -0.3 is 9.66 Å². The summed E-state index contributed by atoms with van der Waals surface area (Å²) in [4.78, 5) is -1.38. The summed E-state index contributed by atoms with van der Waals surface area (Å²) >= 11 is 0. The fraction of sp³-hybridized carbons (Fsp3) is 0.0588. The molecule has 0 aliphatic carbocycles. The van der Waals surface area contributed by atoms with E-state index in [1.165, 1.54) is 30.3 Å². The van der Waals surface area contributed by atoms with Crippen LogP contribution in [0.15, 0.2) is 68.6 Å². The fourth-order valence-electron chi connectivity index (χ4n) is 2.60. The molecular formula is C17H13N2O7S2-. The summed E-state index contributed by atoms with van der Waals surface area (Å²) in [6.07, 6.45) is 0. The van der Waals surface area contributed by atoms with Crippen LogP contribution in [0, 0.1) is 6.92 Å². The third kappa shape index (κ3) is 3.87. The first-order valence-corrected chi connectivity index (χ1v) is 10.5. The molecule has 11 heteroatoms. The first kappa shape index (κ1) is 19.9. The lowest BCUT2D eigenvalue weighted by molar-refractivity contribution is 0.436. The van der Waals surface area contributed by atoms with Gasteiger partial charge in [-0.05, 0) is 36.1 Å². The van der Waals surface area contributed by atoms with Crippen molar-refractivity contribution in [1.29, 1.82) is 0 Å². The second kappa shape index (κ2) is 6.95. The summed E-state index contributed by atoms with van der Waals surface area (Å²) in [5.74, 6) is -0.905. The van der Waals surface area contributed by atoms with Crippen LogP contribution in [0.25, 0.3) is 10.8 Å². The average Bonchev–Trinajstić information content (AvgIpc) is 2.59. The summed E-state index contributed by atoms with van der Waals surface area (Å²) in [6, 6.07) is 11.2. The lowest BCUT2D eigenvalue weighted by Gasteiger charge is -2.13. The Kier molecular flexibility index (Phi) is 4.93. The summed E-state index contributed by atoms with van der Waals surface area (Å²) in [6.45, 7) is 1.61. The molecule has 146 valence electrons. The summed E-state index contributed by atoms with van der Waals surface area (Å²) in [5.41, 5.74) is -0.0133. The Morgan fingerprint density at radius 1 is 0.929 bits per heavy atom. The number of phenolic OH excluding ortho intramolecular Hbond substituents is 1. The molecule has 0 saturated carbocycles. The number of nitrogens with zero attached hydrogens (tertiary/aromatic N) is 2. The topological polar surface area (TPSA) is 157 Å². The Hall–Kier alpha value is -2.86. The molecule has 0 atom stereocenters. The molecule has 3 aromatic carbocycles. The molecule has 0 fully saturated rings. The van der Waals surface area contributed by atoms with Gasteiger partial charge in [-0.15, -0.1) is 10.2 Å². The van der Waals surface area contributed by atoms with Crippen LogP contribution in [0.4, 0.5) is 11.4 Å². The van der Waals surface area contributed by atoms with Crippen LogP contribution in [-0.4, -0.2) is 31.0 Å². The maximum Gasteiger partial charge on any atom is 0.296 e. The van der Waals surface area contributed by atoms with Crippen molar-refractivity contribution in [1.82, 2.24) is 0 Å². The predicted molar refractivity (Wildman–Crippen MR) is 98.7 cm³/mol. The van der Waals surface area contributed by atoms with E-state index in [0.29, 0.717) is 10.9 Å². The normalized spacial score (nSPS) is 12.7. The van der Waals surface area contributed by atoms with Crippen molar-refractivity contribution in [3.05, 3.63) is 54.1 Å². The maximum absolute atomic E-state index is 11.6. The second-order valence-electron chi connectivity index (χ2n) is 5.89. The number of aryl methyl sites for hydroxylation is 1. The van der Waals surface area contributed by atoms with Gasteiger partial charge in [0.15, 0.2) is 5.75 Å². The van der Waals surface area contributed by atoms with Crippen molar-refractivity contribution in [2.24, 2.45) is 10.2 Å². The number of rotatable bonds is 4. The number of hydrogen-bond donors (Lipinski definition) is 2. The van der Waals surface area contributed by atoms with Crippen LogP contribution < -0.4 is 0 Å². The zero-order valence-electron chi connectivity index (χ0n) is 14.3. The van der Waals surface area contributed by atoms with E-state index >= 15 is 0 Å². The highest BCUT2D eigenvalue weighted by Crippen LogP contribution is 2.41. The van der Waals surface area contributed by atoms with E-state index in [0.717, 1.165) is 6.07 Å². The fourth-order valence-corrected chi connectivity index (χ4v) is 3.91. The molecule has 3 rings (SSSR count). The predicted octanol–water partition coefficient (Wildman–Crippen LogP) is 3.42. The standard InChI is InChI=1S/C17H14N2O7S2/c1-10-6-7-13(14(8-10)27(21,22)23)18-19-16-12-5-3-2-4-11(12)9-15(17(16)20)28(24,25)26/h2-9,20H,1H3,(H,21,22,23)(H,24,25,26)/p-1. The molecule has 0 aromatic heterocycles. The van der Waals surface area contributed by atoms with E-state index in [4.69, 9.17) is 0 Å². The van der Waals surface area contributed by atoms with E-state index in [1.54, 1.807) is 19.1 Å². The van der Waals surface area contributed by atoms with Crippen LogP contribution in [0.2, 0.25) is 0 Å². The summed E-state index contributed by atoms with van der Waals surface area (Å²) in [7, 11) is -9.61. The smallest absolute Gasteiger partial charge is 0.296 e. The minimum Gasteiger partial charge on any atom is -0.744 e. The molecule has 0 saturated heterocycles. The highest BCUT2D eigenvalue weighted by Gasteiger charge is 2.19. The number of phenols is 1. The molecule has 3 aromatic rings. The zero-order valence-corrected chi connectivity index (χ0v) is 15.9. The molecule has 0 aliphatic rings. The first-order chi connectivity index (χ1) is 13.0. The van der Waals surface area contributed by atoms with E-state index in [9.17, 15) is 31.0 Å². The number of aromatic hydroxyl groups is 1.